The molecule has 1 aliphatic carbocycles. The van der Waals surface area contributed by atoms with Crippen molar-refractivity contribution in [2.75, 3.05) is 6.54 Å². The molecule has 0 aliphatic heterocycles. The second-order valence-corrected chi connectivity index (χ2v) is 8.12. The van der Waals surface area contributed by atoms with Crippen LogP contribution in [-0.2, 0) is 11.3 Å². The first-order valence-electron chi connectivity index (χ1n) is 8.39. The third kappa shape index (κ3) is 6.15. The summed E-state index contributed by atoms with van der Waals surface area (Å²) in [4.78, 5) is 11.8. The molecule has 1 saturated carbocycles. The largest absolute Gasteiger partial charge is 0.444 e. The molecule has 0 saturated heterocycles. The standard InChI is InChI=1S/C18H26Cl2N2O2/c1-18(2,3)24-17(23)22-11-13-5-4-6-16(13)21-10-12-7-8-14(19)15(20)9-12/h7-9,13,16,21H,4-6,10-11H2,1-3H3,(H,22,23). The second-order valence-electron chi connectivity index (χ2n) is 7.31. The fourth-order valence-corrected chi connectivity index (χ4v) is 3.30. The van der Waals surface area contributed by atoms with Crippen LogP contribution in [0.25, 0.3) is 0 Å². The highest BCUT2D eigenvalue weighted by atomic mass is 35.5. The second kappa shape index (κ2) is 8.41. The molecule has 134 valence electrons. The summed E-state index contributed by atoms with van der Waals surface area (Å²) in [6, 6.07) is 6.07. The van der Waals surface area contributed by atoms with Gasteiger partial charge in [0.2, 0.25) is 0 Å². The molecule has 0 aromatic heterocycles. The molecule has 1 fully saturated rings. The third-order valence-corrected chi connectivity index (χ3v) is 4.86. The van der Waals surface area contributed by atoms with Crippen LogP contribution >= 0.6 is 23.2 Å². The van der Waals surface area contributed by atoms with Gasteiger partial charge in [0.15, 0.2) is 0 Å². The van der Waals surface area contributed by atoms with Gasteiger partial charge in [0, 0.05) is 19.1 Å². The molecule has 24 heavy (non-hydrogen) atoms. The van der Waals surface area contributed by atoms with E-state index < -0.39 is 5.60 Å². The Morgan fingerprint density at radius 3 is 2.67 bits per heavy atom. The molecular weight excluding hydrogens is 347 g/mol. The lowest BCUT2D eigenvalue weighted by atomic mass is 10.0. The molecule has 0 radical (unpaired) electrons. The normalized spacial score (nSPS) is 20.9. The summed E-state index contributed by atoms with van der Waals surface area (Å²) in [5.74, 6) is 0.417. The van der Waals surface area contributed by atoms with Gasteiger partial charge in [0.05, 0.1) is 10.0 Å². The van der Waals surface area contributed by atoms with E-state index in [1.807, 2.05) is 39.0 Å². The Morgan fingerprint density at radius 2 is 2.00 bits per heavy atom. The molecule has 2 atom stereocenters. The maximum Gasteiger partial charge on any atom is 0.407 e. The number of alkyl carbamates (subject to hydrolysis) is 1. The van der Waals surface area contributed by atoms with Crippen molar-refractivity contribution in [2.45, 2.75) is 58.2 Å². The summed E-state index contributed by atoms with van der Waals surface area (Å²) in [7, 11) is 0. The molecule has 2 unspecified atom stereocenters. The summed E-state index contributed by atoms with van der Waals surface area (Å²) < 4.78 is 5.29. The van der Waals surface area contributed by atoms with Crippen LogP contribution in [0.3, 0.4) is 0 Å². The third-order valence-electron chi connectivity index (χ3n) is 4.12. The van der Waals surface area contributed by atoms with Crippen molar-refractivity contribution in [1.82, 2.24) is 10.6 Å². The van der Waals surface area contributed by atoms with Crippen LogP contribution in [0.15, 0.2) is 18.2 Å². The molecule has 1 aliphatic rings. The van der Waals surface area contributed by atoms with E-state index in [0.29, 0.717) is 28.5 Å². The van der Waals surface area contributed by atoms with E-state index in [-0.39, 0.29) is 6.09 Å². The molecule has 1 amide bonds. The van der Waals surface area contributed by atoms with Crippen molar-refractivity contribution in [1.29, 1.82) is 0 Å². The molecule has 0 spiro atoms. The Balaban J connectivity index is 1.80. The van der Waals surface area contributed by atoms with Crippen molar-refractivity contribution in [2.24, 2.45) is 5.92 Å². The fraction of sp³-hybridized carbons (Fsp3) is 0.611. The van der Waals surface area contributed by atoms with Crippen LogP contribution in [0.4, 0.5) is 4.79 Å². The van der Waals surface area contributed by atoms with Crippen LogP contribution in [-0.4, -0.2) is 24.3 Å². The molecule has 4 nitrogen and oxygen atoms in total. The number of halogens is 2. The monoisotopic (exact) mass is 372 g/mol. The van der Waals surface area contributed by atoms with E-state index in [9.17, 15) is 4.79 Å². The minimum atomic E-state index is -0.467. The SMILES string of the molecule is CC(C)(C)OC(=O)NCC1CCCC1NCc1ccc(Cl)c(Cl)c1. The highest BCUT2D eigenvalue weighted by Crippen LogP contribution is 2.26. The Hall–Kier alpha value is -0.970. The first kappa shape index (κ1) is 19.4. The van der Waals surface area contributed by atoms with E-state index >= 15 is 0 Å². The lowest BCUT2D eigenvalue weighted by Crippen LogP contribution is -2.40. The average molecular weight is 373 g/mol. The summed E-state index contributed by atoms with van der Waals surface area (Å²) >= 11 is 12.0. The molecule has 1 aromatic carbocycles. The van der Waals surface area contributed by atoms with Gasteiger partial charge in [-0.25, -0.2) is 4.79 Å². The number of rotatable bonds is 5. The number of carbonyl (C=O) groups excluding carboxylic acids is 1. The Labute approximate surface area is 154 Å². The van der Waals surface area contributed by atoms with Gasteiger partial charge in [-0.1, -0.05) is 35.7 Å². The van der Waals surface area contributed by atoms with Crippen molar-refractivity contribution in [3.63, 3.8) is 0 Å². The molecule has 2 rings (SSSR count). The lowest BCUT2D eigenvalue weighted by molar-refractivity contribution is 0.0517. The number of hydrogen-bond donors (Lipinski definition) is 2. The number of carbonyl (C=O) groups is 1. The molecular formula is C18H26Cl2N2O2. The fourth-order valence-electron chi connectivity index (χ4n) is 2.98. The maximum atomic E-state index is 11.8. The van der Waals surface area contributed by atoms with Crippen LogP contribution in [0.1, 0.15) is 45.6 Å². The Bertz CT molecular complexity index is 573. The summed E-state index contributed by atoms with van der Waals surface area (Å²) in [6.07, 6.45) is 3.04. The number of nitrogens with one attached hydrogen (secondary N) is 2. The van der Waals surface area contributed by atoms with Crippen molar-refractivity contribution >= 4 is 29.3 Å². The van der Waals surface area contributed by atoms with Crippen molar-refractivity contribution < 1.29 is 9.53 Å². The van der Waals surface area contributed by atoms with Gasteiger partial charge < -0.3 is 15.4 Å². The van der Waals surface area contributed by atoms with Gasteiger partial charge >= 0.3 is 6.09 Å². The van der Waals surface area contributed by atoms with E-state index in [2.05, 4.69) is 10.6 Å². The quantitative estimate of drug-likeness (QED) is 0.781. The first-order chi connectivity index (χ1) is 11.2. The van der Waals surface area contributed by atoms with Gasteiger partial charge in [0.25, 0.3) is 0 Å². The molecule has 0 bridgehead atoms. The number of amides is 1. The van der Waals surface area contributed by atoms with Crippen molar-refractivity contribution in [3.05, 3.63) is 33.8 Å². The Morgan fingerprint density at radius 1 is 1.25 bits per heavy atom. The van der Waals surface area contributed by atoms with Gasteiger partial charge in [-0.05, 0) is 57.2 Å². The van der Waals surface area contributed by atoms with Gasteiger partial charge in [-0.2, -0.15) is 0 Å². The van der Waals surface area contributed by atoms with Gasteiger partial charge in [-0.3, -0.25) is 0 Å². The Kier molecular flexibility index (Phi) is 6.79. The topological polar surface area (TPSA) is 50.4 Å². The lowest BCUT2D eigenvalue weighted by Gasteiger charge is -2.24. The van der Waals surface area contributed by atoms with E-state index in [4.69, 9.17) is 27.9 Å². The summed E-state index contributed by atoms with van der Waals surface area (Å²) in [5, 5.41) is 7.60. The van der Waals surface area contributed by atoms with E-state index in [0.717, 1.165) is 24.9 Å². The number of hydrogen-bond acceptors (Lipinski definition) is 3. The predicted octanol–water partition coefficient (Wildman–Crippen LogP) is 4.78. The average Bonchev–Trinajstić information content (AvgIpc) is 2.92. The summed E-state index contributed by atoms with van der Waals surface area (Å²) in [5.41, 5.74) is 0.640. The highest BCUT2D eigenvalue weighted by Gasteiger charge is 2.27. The number of benzene rings is 1. The molecule has 6 heteroatoms. The molecule has 1 aromatic rings. The first-order valence-corrected chi connectivity index (χ1v) is 9.14. The van der Waals surface area contributed by atoms with Crippen molar-refractivity contribution in [3.8, 4) is 0 Å². The minimum absolute atomic E-state index is 0.349. The van der Waals surface area contributed by atoms with Crippen LogP contribution in [0, 0.1) is 5.92 Å². The van der Waals surface area contributed by atoms with Crippen LogP contribution in [0.2, 0.25) is 10.0 Å². The molecule has 0 heterocycles. The highest BCUT2D eigenvalue weighted by molar-refractivity contribution is 6.42. The zero-order chi connectivity index (χ0) is 17.7. The van der Waals surface area contributed by atoms with E-state index in [1.54, 1.807) is 0 Å². The van der Waals surface area contributed by atoms with Crippen LogP contribution in [0.5, 0.6) is 0 Å². The maximum absolute atomic E-state index is 11.8. The smallest absolute Gasteiger partial charge is 0.407 e. The van der Waals surface area contributed by atoms with E-state index in [1.165, 1.54) is 6.42 Å². The predicted molar refractivity (Wildman–Crippen MR) is 98.7 cm³/mol. The van der Waals surface area contributed by atoms with Crippen LogP contribution < -0.4 is 10.6 Å². The summed E-state index contributed by atoms with van der Waals surface area (Å²) in [6.45, 7) is 6.97. The molecule has 2 N–H and O–H groups in total. The van der Waals surface area contributed by atoms with Gasteiger partial charge in [-0.15, -0.1) is 0 Å². The minimum Gasteiger partial charge on any atom is -0.444 e. The number of ether oxygens (including phenoxy) is 1. The zero-order valence-corrected chi connectivity index (χ0v) is 16.0. The van der Waals surface area contributed by atoms with Gasteiger partial charge in [0.1, 0.15) is 5.60 Å². The zero-order valence-electron chi connectivity index (χ0n) is 14.5.